The SMILES string of the molecule is CC(c1cccnc1)N(C)C(=O)CNc1cccc(C(F)(F)F)c1. The van der Waals surface area contributed by atoms with E-state index in [9.17, 15) is 18.0 Å². The number of carbonyl (C=O) groups excluding carboxylic acids is 1. The molecule has 4 nitrogen and oxygen atoms in total. The third-order valence-electron chi connectivity index (χ3n) is 3.77. The Labute approximate surface area is 138 Å². The van der Waals surface area contributed by atoms with Gasteiger partial charge in [-0.2, -0.15) is 13.2 Å². The number of benzene rings is 1. The fourth-order valence-electron chi connectivity index (χ4n) is 2.17. The molecule has 24 heavy (non-hydrogen) atoms. The summed E-state index contributed by atoms with van der Waals surface area (Å²) in [5.41, 5.74) is 0.380. The summed E-state index contributed by atoms with van der Waals surface area (Å²) < 4.78 is 38.0. The van der Waals surface area contributed by atoms with Crippen molar-refractivity contribution in [3.63, 3.8) is 0 Å². The van der Waals surface area contributed by atoms with E-state index in [4.69, 9.17) is 0 Å². The van der Waals surface area contributed by atoms with Crippen LogP contribution in [-0.4, -0.2) is 29.4 Å². The molecule has 1 heterocycles. The van der Waals surface area contributed by atoms with Crippen molar-refractivity contribution >= 4 is 11.6 Å². The highest BCUT2D eigenvalue weighted by Gasteiger charge is 2.30. The van der Waals surface area contributed by atoms with Crippen LogP contribution in [0.1, 0.15) is 24.1 Å². The number of hydrogen-bond acceptors (Lipinski definition) is 3. The van der Waals surface area contributed by atoms with Crippen LogP contribution in [0.4, 0.5) is 18.9 Å². The van der Waals surface area contributed by atoms with Gasteiger partial charge in [-0.3, -0.25) is 9.78 Å². The maximum atomic E-state index is 12.7. The largest absolute Gasteiger partial charge is 0.416 e. The van der Waals surface area contributed by atoms with Gasteiger partial charge in [-0.05, 0) is 36.8 Å². The molecule has 0 fully saturated rings. The fraction of sp³-hybridized carbons (Fsp3) is 0.294. The minimum atomic E-state index is -4.41. The number of likely N-dealkylation sites (N-methyl/N-ethyl adjacent to an activating group) is 1. The lowest BCUT2D eigenvalue weighted by Crippen LogP contribution is -2.34. The predicted molar refractivity (Wildman–Crippen MR) is 85.4 cm³/mol. The summed E-state index contributed by atoms with van der Waals surface area (Å²) in [4.78, 5) is 17.8. The Kier molecular flexibility index (Phi) is 5.43. The highest BCUT2D eigenvalue weighted by Crippen LogP contribution is 2.30. The first-order chi connectivity index (χ1) is 11.3. The average molecular weight is 337 g/mol. The Hall–Kier alpha value is -2.57. The molecule has 1 unspecified atom stereocenters. The number of hydrogen-bond donors (Lipinski definition) is 1. The molecule has 1 N–H and O–H groups in total. The Morgan fingerprint density at radius 2 is 2.04 bits per heavy atom. The Morgan fingerprint density at radius 3 is 2.67 bits per heavy atom. The standard InChI is InChI=1S/C17H18F3N3O/c1-12(13-5-4-8-21-10-13)23(2)16(24)11-22-15-7-3-6-14(9-15)17(18,19)20/h3-10,12,22H,11H2,1-2H3. The second kappa shape index (κ2) is 7.33. The molecule has 0 saturated carbocycles. The van der Waals surface area contributed by atoms with Crippen molar-refractivity contribution in [2.24, 2.45) is 0 Å². The van der Waals surface area contributed by atoms with E-state index in [0.717, 1.165) is 17.7 Å². The van der Waals surface area contributed by atoms with Gasteiger partial charge in [0.15, 0.2) is 0 Å². The highest BCUT2D eigenvalue weighted by atomic mass is 19.4. The summed E-state index contributed by atoms with van der Waals surface area (Å²) in [6.07, 6.45) is -1.09. The number of nitrogens with one attached hydrogen (secondary N) is 1. The lowest BCUT2D eigenvalue weighted by molar-refractivity contribution is -0.137. The first-order valence-corrected chi connectivity index (χ1v) is 7.36. The van der Waals surface area contributed by atoms with Gasteiger partial charge in [0.25, 0.3) is 0 Å². The molecule has 0 aliphatic rings. The Bertz CT molecular complexity index is 689. The van der Waals surface area contributed by atoms with Gasteiger partial charge < -0.3 is 10.2 Å². The van der Waals surface area contributed by atoms with Crippen molar-refractivity contribution in [2.75, 3.05) is 18.9 Å². The van der Waals surface area contributed by atoms with Gasteiger partial charge in [0.1, 0.15) is 0 Å². The number of anilines is 1. The van der Waals surface area contributed by atoms with E-state index in [-0.39, 0.29) is 24.2 Å². The van der Waals surface area contributed by atoms with Crippen LogP contribution < -0.4 is 5.32 Å². The molecule has 7 heteroatoms. The van der Waals surface area contributed by atoms with Crippen molar-refractivity contribution in [3.8, 4) is 0 Å². The predicted octanol–water partition coefficient (Wildman–Crippen LogP) is 3.73. The molecule has 128 valence electrons. The van der Waals surface area contributed by atoms with Crippen molar-refractivity contribution in [1.29, 1.82) is 0 Å². The molecule has 1 aromatic heterocycles. The third kappa shape index (κ3) is 4.47. The second-order valence-electron chi connectivity index (χ2n) is 5.40. The molecule has 2 rings (SSSR count). The van der Waals surface area contributed by atoms with Crippen molar-refractivity contribution in [1.82, 2.24) is 9.88 Å². The van der Waals surface area contributed by atoms with E-state index in [1.165, 1.54) is 17.0 Å². The van der Waals surface area contributed by atoms with Gasteiger partial charge in [0.2, 0.25) is 5.91 Å². The van der Waals surface area contributed by atoms with Crippen molar-refractivity contribution in [2.45, 2.75) is 19.1 Å². The van der Waals surface area contributed by atoms with E-state index in [1.54, 1.807) is 25.5 Å². The minimum Gasteiger partial charge on any atom is -0.376 e. The average Bonchev–Trinajstić information content (AvgIpc) is 2.58. The number of halogens is 3. The topological polar surface area (TPSA) is 45.2 Å². The zero-order valence-electron chi connectivity index (χ0n) is 13.3. The smallest absolute Gasteiger partial charge is 0.376 e. The second-order valence-corrected chi connectivity index (χ2v) is 5.40. The van der Waals surface area contributed by atoms with Crippen LogP contribution >= 0.6 is 0 Å². The van der Waals surface area contributed by atoms with Crippen molar-refractivity contribution in [3.05, 3.63) is 59.9 Å². The van der Waals surface area contributed by atoms with Crippen LogP contribution in [0, 0.1) is 0 Å². The number of nitrogens with zero attached hydrogens (tertiary/aromatic N) is 2. The maximum Gasteiger partial charge on any atom is 0.416 e. The summed E-state index contributed by atoms with van der Waals surface area (Å²) in [5, 5.41) is 2.74. The number of amides is 1. The summed E-state index contributed by atoms with van der Waals surface area (Å²) in [7, 11) is 1.65. The van der Waals surface area contributed by atoms with E-state index in [2.05, 4.69) is 10.3 Å². The van der Waals surface area contributed by atoms with E-state index in [1.807, 2.05) is 13.0 Å². The number of aromatic nitrogens is 1. The first-order valence-electron chi connectivity index (χ1n) is 7.36. The van der Waals surface area contributed by atoms with E-state index < -0.39 is 11.7 Å². The molecule has 0 radical (unpaired) electrons. The normalized spacial score (nSPS) is 12.5. The zero-order chi connectivity index (χ0) is 17.7. The van der Waals surface area contributed by atoms with Crippen LogP contribution in [0.5, 0.6) is 0 Å². The van der Waals surface area contributed by atoms with Gasteiger partial charge in [-0.25, -0.2) is 0 Å². The molecule has 0 aliphatic carbocycles. The van der Waals surface area contributed by atoms with E-state index in [0.29, 0.717) is 0 Å². The summed E-state index contributed by atoms with van der Waals surface area (Å²) >= 11 is 0. The molecule has 1 amide bonds. The molecular weight excluding hydrogens is 319 g/mol. The zero-order valence-corrected chi connectivity index (χ0v) is 13.3. The van der Waals surface area contributed by atoms with Crippen LogP contribution in [-0.2, 0) is 11.0 Å². The molecule has 2 aromatic rings. The van der Waals surface area contributed by atoms with Crippen LogP contribution in [0.15, 0.2) is 48.8 Å². The molecule has 1 aromatic carbocycles. The number of alkyl halides is 3. The van der Waals surface area contributed by atoms with Crippen LogP contribution in [0.2, 0.25) is 0 Å². The quantitative estimate of drug-likeness (QED) is 0.904. The molecule has 0 bridgehead atoms. The molecule has 0 spiro atoms. The number of pyridine rings is 1. The van der Waals surface area contributed by atoms with Gasteiger partial charge in [0, 0.05) is 25.1 Å². The lowest BCUT2D eigenvalue weighted by Gasteiger charge is -2.25. The van der Waals surface area contributed by atoms with E-state index >= 15 is 0 Å². The summed E-state index contributed by atoms with van der Waals surface area (Å²) in [6, 6.07) is 8.23. The van der Waals surface area contributed by atoms with Gasteiger partial charge in [-0.1, -0.05) is 12.1 Å². The first kappa shape index (κ1) is 17.8. The molecule has 1 atom stereocenters. The fourth-order valence-corrected chi connectivity index (χ4v) is 2.17. The van der Waals surface area contributed by atoms with Crippen LogP contribution in [0.3, 0.4) is 0 Å². The highest BCUT2D eigenvalue weighted by molar-refractivity contribution is 5.81. The van der Waals surface area contributed by atoms with Gasteiger partial charge in [-0.15, -0.1) is 0 Å². The van der Waals surface area contributed by atoms with Gasteiger partial charge >= 0.3 is 6.18 Å². The van der Waals surface area contributed by atoms with Gasteiger partial charge in [0.05, 0.1) is 18.2 Å². The molecular formula is C17H18F3N3O. The molecule has 0 saturated heterocycles. The molecule has 0 aliphatic heterocycles. The Morgan fingerprint density at radius 1 is 1.29 bits per heavy atom. The number of carbonyl (C=O) groups is 1. The monoisotopic (exact) mass is 337 g/mol. The van der Waals surface area contributed by atoms with Crippen molar-refractivity contribution < 1.29 is 18.0 Å². The maximum absolute atomic E-state index is 12.7. The van der Waals surface area contributed by atoms with Crippen LogP contribution in [0.25, 0.3) is 0 Å². The third-order valence-corrected chi connectivity index (χ3v) is 3.77. The summed E-state index contributed by atoms with van der Waals surface area (Å²) in [6.45, 7) is 1.77. The Balaban J connectivity index is 1.98. The minimum absolute atomic E-state index is 0.0948. The lowest BCUT2D eigenvalue weighted by atomic mass is 10.1. The number of rotatable bonds is 5. The summed E-state index contributed by atoms with van der Waals surface area (Å²) in [5.74, 6) is -0.233.